The molecule has 0 aromatic heterocycles. The van der Waals surface area contributed by atoms with Crippen LogP contribution >= 0.6 is 11.8 Å². The highest BCUT2D eigenvalue weighted by Crippen LogP contribution is 2.31. The van der Waals surface area contributed by atoms with E-state index in [-0.39, 0.29) is 0 Å². The fourth-order valence-corrected chi connectivity index (χ4v) is 4.42. The summed E-state index contributed by atoms with van der Waals surface area (Å²) in [5.41, 5.74) is 6.01. The second kappa shape index (κ2) is 5.74. The minimum atomic E-state index is 0.657. The molecule has 2 rings (SSSR count). The van der Waals surface area contributed by atoms with Crippen molar-refractivity contribution in [2.24, 2.45) is 23.5 Å². The number of piperidine rings is 1. The molecule has 2 aliphatic heterocycles. The Balaban J connectivity index is 1.93. The Labute approximate surface area is 104 Å². The second-order valence-corrected chi connectivity index (χ2v) is 6.81. The number of thioether (sulfide) groups is 1. The summed E-state index contributed by atoms with van der Waals surface area (Å²) in [6.45, 7) is 8.18. The summed E-state index contributed by atoms with van der Waals surface area (Å²) in [6, 6.07) is 0.657. The van der Waals surface area contributed by atoms with Gasteiger partial charge in [-0.25, -0.2) is 0 Å². The van der Waals surface area contributed by atoms with E-state index in [4.69, 9.17) is 5.73 Å². The third-order valence-electron chi connectivity index (χ3n) is 4.59. The molecule has 0 aliphatic carbocycles. The van der Waals surface area contributed by atoms with Crippen LogP contribution in [0.1, 0.15) is 26.7 Å². The molecule has 0 radical (unpaired) electrons. The van der Waals surface area contributed by atoms with Crippen molar-refractivity contribution in [2.45, 2.75) is 32.7 Å². The standard InChI is InChI=1S/C13H26N2S/c1-10-3-5-15(8-11(10)2)13(7-14)12-4-6-16-9-12/h10-13H,3-9,14H2,1-2H3. The number of nitrogens with zero attached hydrogens (tertiary/aromatic N) is 1. The average molecular weight is 242 g/mol. The van der Waals surface area contributed by atoms with E-state index in [1.807, 2.05) is 0 Å². The maximum Gasteiger partial charge on any atom is 0.0254 e. The van der Waals surface area contributed by atoms with Gasteiger partial charge in [-0.2, -0.15) is 11.8 Å². The maximum absolute atomic E-state index is 6.01. The van der Waals surface area contributed by atoms with E-state index in [9.17, 15) is 0 Å². The predicted octanol–water partition coefficient (Wildman–Crippen LogP) is 2.04. The highest BCUT2D eigenvalue weighted by atomic mass is 32.2. The lowest BCUT2D eigenvalue weighted by molar-refractivity contribution is 0.0751. The van der Waals surface area contributed by atoms with Gasteiger partial charge in [0.1, 0.15) is 0 Å². The molecule has 16 heavy (non-hydrogen) atoms. The molecule has 3 heteroatoms. The molecule has 2 fully saturated rings. The SMILES string of the molecule is CC1CCN(C(CN)C2CCSC2)CC1C. The van der Waals surface area contributed by atoms with Crippen molar-refractivity contribution >= 4 is 11.8 Å². The second-order valence-electron chi connectivity index (χ2n) is 5.66. The Morgan fingerprint density at radius 2 is 2.12 bits per heavy atom. The van der Waals surface area contributed by atoms with E-state index in [1.54, 1.807) is 0 Å². The smallest absolute Gasteiger partial charge is 0.0254 e. The average Bonchev–Trinajstić information content (AvgIpc) is 2.78. The molecule has 0 bridgehead atoms. The van der Waals surface area contributed by atoms with Crippen LogP contribution in [-0.4, -0.2) is 42.1 Å². The molecule has 2 saturated heterocycles. The molecule has 0 amide bonds. The highest BCUT2D eigenvalue weighted by Gasteiger charge is 2.32. The zero-order valence-electron chi connectivity index (χ0n) is 10.7. The van der Waals surface area contributed by atoms with Crippen molar-refractivity contribution < 1.29 is 0 Å². The number of rotatable bonds is 3. The van der Waals surface area contributed by atoms with Gasteiger partial charge in [-0.1, -0.05) is 13.8 Å². The van der Waals surface area contributed by atoms with Crippen molar-refractivity contribution in [1.82, 2.24) is 4.90 Å². The summed E-state index contributed by atoms with van der Waals surface area (Å²) in [7, 11) is 0. The molecule has 0 aromatic rings. The van der Waals surface area contributed by atoms with Gasteiger partial charge in [0.25, 0.3) is 0 Å². The van der Waals surface area contributed by atoms with Crippen LogP contribution < -0.4 is 5.73 Å². The summed E-state index contributed by atoms with van der Waals surface area (Å²) in [5.74, 6) is 5.28. The van der Waals surface area contributed by atoms with Crippen LogP contribution in [0.5, 0.6) is 0 Å². The first-order chi connectivity index (χ1) is 7.72. The van der Waals surface area contributed by atoms with Crippen LogP contribution in [-0.2, 0) is 0 Å². The molecule has 0 spiro atoms. The van der Waals surface area contributed by atoms with Crippen molar-refractivity contribution in [3.8, 4) is 0 Å². The van der Waals surface area contributed by atoms with Crippen LogP contribution in [0, 0.1) is 17.8 Å². The van der Waals surface area contributed by atoms with Gasteiger partial charge in [-0.15, -0.1) is 0 Å². The van der Waals surface area contributed by atoms with E-state index < -0.39 is 0 Å². The quantitative estimate of drug-likeness (QED) is 0.821. The lowest BCUT2D eigenvalue weighted by Crippen LogP contribution is -2.51. The fourth-order valence-electron chi connectivity index (χ4n) is 3.09. The Hall–Kier alpha value is 0.270. The molecular formula is C13H26N2S. The lowest BCUT2D eigenvalue weighted by Gasteiger charge is -2.42. The molecule has 0 saturated carbocycles. The summed E-state index contributed by atoms with van der Waals surface area (Å²) in [5, 5.41) is 0. The van der Waals surface area contributed by atoms with Crippen molar-refractivity contribution in [3.63, 3.8) is 0 Å². The largest absolute Gasteiger partial charge is 0.329 e. The number of likely N-dealkylation sites (tertiary alicyclic amines) is 1. The van der Waals surface area contributed by atoms with E-state index >= 15 is 0 Å². The first-order valence-electron chi connectivity index (χ1n) is 6.74. The molecule has 4 atom stereocenters. The van der Waals surface area contributed by atoms with Gasteiger partial charge in [-0.05, 0) is 48.6 Å². The van der Waals surface area contributed by atoms with E-state index in [2.05, 4.69) is 30.5 Å². The van der Waals surface area contributed by atoms with Gasteiger partial charge < -0.3 is 5.73 Å². The minimum Gasteiger partial charge on any atom is -0.329 e. The Kier molecular flexibility index (Phi) is 4.57. The van der Waals surface area contributed by atoms with E-state index in [0.717, 1.165) is 24.3 Å². The molecule has 94 valence electrons. The molecule has 2 aliphatic rings. The highest BCUT2D eigenvalue weighted by molar-refractivity contribution is 7.99. The molecule has 2 nitrogen and oxygen atoms in total. The van der Waals surface area contributed by atoms with E-state index in [1.165, 1.54) is 37.4 Å². The summed E-state index contributed by atoms with van der Waals surface area (Å²) in [4.78, 5) is 2.68. The zero-order valence-corrected chi connectivity index (χ0v) is 11.5. The molecule has 2 N–H and O–H groups in total. The van der Waals surface area contributed by atoms with Crippen molar-refractivity contribution in [1.29, 1.82) is 0 Å². The topological polar surface area (TPSA) is 29.3 Å². The summed E-state index contributed by atoms with van der Waals surface area (Å²) < 4.78 is 0. The Morgan fingerprint density at radius 1 is 1.31 bits per heavy atom. The number of hydrogen-bond acceptors (Lipinski definition) is 3. The van der Waals surface area contributed by atoms with Gasteiger partial charge in [0.15, 0.2) is 0 Å². The molecule has 2 heterocycles. The fraction of sp³-hybridized carbons (Fsp3) is 1.00. The Bertz CT molecular complexity index is 216. The van der Waals surface area contributed by atoms with Crippen molar-refractivity contribution in [3.05, 3.63) is 0 Å². The summed E-state index contributed by atoms with van der Waals surface area (Å²) >= 11 is 2.11. The monoisotopic (exact) mass is 242 g/mol. The third-order valence-corrected chi connectivity index (χ3v) is 5.77. The third kappa shape index (κ3) is 2.74. The first-order valence-corrected chi connectivity index (χ1v) is 7.89. The van der Waals surface area contributed by atoms with Gasteiger partial charge in [0, 0.05) is 19.1 Å². The normalized spacial score (nSPS) is 38.8. The molecule has 4 unspecified atom stereocenters. The van der Waals surface area contributed by atoms with Crippen molar-refractivity contribution in [2.75, 3.05) is 31.1 Å². The predicted molar refractivity (Wildman–Crippen MR) is 72.8 cm³/mol. The lowest BCUT2D eigenvalue weighted by atomic mass is 9.86. The summed E-state index contributed by atoms with van der Waals surface area (Å²) in [6.07, 6.45) is 2.74. The van der Waals surface area contributed by atoms with Crippen LogP contribution in [0.3, 0.4) is 0 Å². The van der Waals surface area contributed by atoms with Gasteiger partial charge in [0.05, 0.1) is 0 Å². The van der Waals surface area contributed by atoms with Crippen LogP contribution in [0.4, 0.5) is 0 Å². The van der Waals surface area contributed by atoms with Gasteiger partial charge in [-0.3, -0.25) is 4.90 Å². The molecular weight excluding hydrogens is 216 g/mol. The van der Waals surface area contributed by atoms with Gasteiger partial charge >= 0.3 is 0 Å². The van der Waals surface area contributed by atoms with E-state index in [0.29, 0.717) is 6.04 Å². The van der Waals surface area contributed by atoms with Crippen LogP contribution in [0.2, 0.25) is 0 Å². The number of hydrogen-bond donors (Lipinski definition) is 1. The molecule has 0 aromatic carbocycles. The first kappa shape index (κ1) is 12.7. The maximum atomic E-state index is 6.01. The van der Waals surface area contributed by atoms with Gasteiger partial charge in [0.2, 0.25) is 0 Å². The van der Waals surface area contributed by atoms with Crippen LogP contribution in [0.15, 0.2) is 0 Å². The van der Waals surface area contributed by atoms with Crippen LogP contribution in [0.25, 0.3) is 0 Å². The minimum absolute atomic E-state index is 0.657. The Morgan fingerprint density at radius 3 is 2.69 bits per heavy atom. The number of nitrogens with two attached hydrogens (primary N) is 1. The zero-order chi connectivity index (χ0) is 11.5.